The molecule has 3 rings (SSSR count). The molecule has 0 bridgehead atoms. The lowest BCUT2D eigenvalue weighted by atomic mass is 9.78. The average molecular weight is 972 g/mol. The number of Topliss-reactive ketones (excluding diaryl/α,β-unsaturated/α-hetero) is 3. The van der Waals surface area contributed by atoms with Crippen LogP contribution in [0.4, 0.5) is 0 Å². The molecule has 3 N–H and O–H groups in total. The summed E-state index contributed by atoms with van der Waals surface area (Å²) in [6, 6.07) is -1.09. The minimum Gasteiger partial charge on any atom is -0.460 e. The van der Waals surface area contributed by atoms with Crippen molar-refractivity contribution in [2.75, 3.05) is 41.1 Å². The number of amides is 1. The average Bonchev–Trinajstić information content (AvgIpc) is 3.32. The van der Waals surface area contributed by atoms with E-state index in [0.29, 0.717) is 63.4 Å². The molecule has 1 saturated carbocycles. The lowest BCUT2D eigenvalue weighted by Gasteiger charge is -2.38. The molecule has 0 aromatic rings. The molecule has 1 aliphatic carbocycles. The van der Waals surface area contributed by atoms with Gasteiger partial charge in [-0.1, -0.05) is 84.4 Å². The van der Waals surface area contributed by atoms with Crippen molar-refractivity contribution < 1.29 is 63.0 Å². The third kappa shape index (κ3) is 17.7. The number of hydrogen-bond acceptors (Lipinski definition) is 13. The van der Waals surface area contributed by atoms with E-state index in [1.807, 2.05) is 58.1 Å². The predicted molar refractivity (Wildman–Crippen MR) is 266 cm³/mol. The molecule has 2 aliphatic heterocycles. The van der Waals surface area contributed by atoms with E-state index in [4.69, 9.17) is 23.7 Å². The van der Waals surface area contributed by atoms with Crippen molar-refractivity contribution in [1.29, 1.82) is 0 Å². The number of aliphatic hydroxyl groups is 3. The Hall–Kier alpha value is -3.37. The second-order valence-electron chi connectivity index (χ2n) is 21.0. The first-order valence-electron chi connectivity index (χ1n) is 25.6. The Kier molecular flexibility index (Phi) is 25.4. The maximum absolute atomic E-state index is 14.4. The number of aliphatic hydroxyl groups excluding tert-OH is 2. The molecule has 2 heterocycles. The van der Waals surface area contributed by atoms with Crippen molar-refractivity contribution >= 4 is 29.2 Å². The molecular weight excluding hydrogens is 883 g/mol. The van der Waals surface area contributed by atoms with Crippen molar-refractivity contribution in [1.82, 2.24) is 4.90 Å². The standard InChI is InChI=1S/C55H89NO13/c1-34-18-14-13-15-19-36(3)46(65-10)29-35(2)21-22-41(8)55(9,64)52(61)53(62)56-25-17-16-20-43(56)54(63)69-47(38(5)31-42-23-24-45(68-27-26-57)48(32-42)66-11)33-44(58)37(4)30-40(7)50(60)51(67-12)49(59)39(6)28-34/h13-15,18-19,30,34-35,37-39,41-43,45-48,50-51,57,60,64H,16-17,20-29,31-33H2,1-12H3/b15-13+,18-14+,36-19+,40-30+/t34?,35-,37?,38+,39?,41+,42-,43-,45+,46?,47-,48+,50+,51-,55-/m0/s1. The largest absolute Gasteiger partial charge is 0.460 e. The van der Waals surface area contributed by atoms with Gasteiger partial charge in [-0.25, -0.2) is 4.79 Å². The summed E-state index contributed by atoms with van der Waals surface area (Å²) >= 11 is 0. The van der Waals surface area contributed by atoms with E-state index in [1.54, 1.807) is 41.1 Å². The molecule has 2 fully saturated rings. The quantitative estimate of drug-likeness (QED) is 0.117. The first kappa shape index (κ1) is 59.9. The number of allylic oxidation sites excluding steroid dienone is 6. The molecule has 1 amide bonds. The topological polar surface area (TPSA) is 195 Å². The van der Waals surface area contributed by atoms with Crippen LogP contribution in [0.1, 0.15) is 139 Å². The fourth-order valence-corrected chi connectivity index (χ4v) is 10.3. The zero-order chi connectivity index (χ0) is 51.6. The SMILES string of the molecule is COC1C[C@@H](C)CC[C@@H](C)[C@](C)(O)C(=O)C(=O)N2CCCC[C@H]2C(=O)O[C@H]([C@H](C)C[C@@H]2CC[C@@H](OCCO)[C@H](OC)C2)CC(=O)C(C)/C=C(\C)[C@@H](O)[C@@H](OC)C(=O)C(C)CC(C)/C=C/C=C/C=C/1C. The van der Waals surface area contributed by atoms with Crippen molar-refractivity contribution in [3.8, 4) is 0 Å². The molecule has 0 radical (unpaired) electrons. The number of carbonyl (C=O) groups excluding carboxylic acids is 5. The Balaban J connectivity index is 2.01. The van der Waals surface area contributed by atoms with E-state index in [9.17, 15) is 39.3 Å². The molecule has 69 heavy (non-hydrogen) atoms. The van der Waals surface area contributed by atoms with E-state index in [2.05, 4.69) is 6.92 Å². The highest BCUT2D eigenvalue weighted by molar-refractivity contribution is 6.39. The monoisotopic (exact) mass is 972 g/mol. The van der Waals surface area contributed by atoms with Crippen LogP contribution in [-0.4, -0.2) is 139 Å². The number of fused-ring (bicyclic) bond motifs is 1. The molecule has 1 saturated heterocycles. The van der Waals surface area contributed by atoms with Crippen LogP contribution in [0.2, 0.25) is 0 Å². The highest BCUT2D eigenvalue weighted by Gasteiger charge is 2.46. The zero-order valence-electron chi connectivity index (χ0n) is 44.0. The van der Waals surface area contributed by atoms with Gasteiger partial charge in [0, 0.05) is 46.1 Å². The van der Waals surface area contributed by atoms with E-state index < -0.39 is 65.4 Å². The van der Waals surface area contributed by atoms with Crippen molar-refractivity contribution in [2.24, 2.45) is 41.4 Å². The highest BCUT2D eigenvalue weighted by Crippen LogP contribution is 2.36. The fraction of sp³-hybridized carbons (Fsp3) is 0.764. The first-order valence-corrected chi connectivity index (χ1v) is 25.6. The number of hydrogen-bond donors (Lipinski definition) is 3. The molecule has 14 heteroatoms. The summed E-state index contributed by atoms with van der Waals surface area (Å²) in [6.45, 7) is 16.7. The summed E-state index contributed by atoms with van der Waals surface area (Å²) in [5, 5.41) is 32.6. The summed E-state index contributed by atoms with van der Waals surface area (Å²) in [6.07, 6.45) is 14.0. The van der Waals surface area contributed by atoms with Gasteiger partial charge in [0.05, 0.1) is 31.5 Å². The molecule has 3 aliphatic rings. The number of cyclic esters (lactones) is 1. The number of ketones is 3. The minimum absolute atomic E-state index is 0.0457. The van der Waals surface area contributed by atoms with E-state index >= 15 is 0 Å². The highest BCUT2D eigenvalue weighted by atomic mass is 16.5. The number of esters is 1. The second-order valence-corrected chi connectivity index (χ2v) is 21.0. The predicted octanol–water partition coefficient (Wildman–Crippen LogP) is 7.50. The molecule has 0 spiro atoms. The molecule has 0 aromatic heterocycles. The van der Waals surface area contributed by atoms with E-state index in [1.165, 1.54) is 18.9 Å². The summed E-state index contributed by atoms with van der Waals surface area (Å²) in [5.74, 6) is -4.83. The number of ether oxygens (including phenoxy) is 5. The smallest absolute Gasteiger partial charge is 0.329 e. The van der Waals surface area contributed by atoms with Gasteiger partial charge in [-0.05, 0) is 126 Å². The van der Waals surface area contributed by atoms with E-state index in [0.717, 1.165) is 12.0 Å². The van der Waals surface area contributed by atoms with Gasteiger partial charge in [-0.3, -0.25) is 19.2 Å². The van der Waals surface area contributed by atoms with Crippen molar-refractivity contribution in [2.45, 2.75) is 188 Å². The number of methoxy groups -OCH3 is 3. The molecule has 4 unspecified atom stereocenters. The zero-order valence-corrected chi connectivity index (χ0v) is 44.0. The maximum Gasteiger partial charge on any atom is 0.329 e. The van der Waals surface area contributed by atoms with Crippen molar-refractivity contribution in [3.05, 3.63) is 47.6 Å². The van der Waals surface area contributed by atoms with Gasteiger partial charge < -0.3 is 43.9 Å². The van der Waals surface area contributed by atoms with Crippen molar-refractivity contribution in [3.63, 3.8) is 0 Å². The molecule has 14 nitrogen and oxygen atoms in total. The van der Waals surface area contributed by atoms with Crippen LogP contribution in [0.5, 0.6) is 0 Å². The number of nitrogens with zero attached hydrogens (tertiary/aromatic N) is 1. The summed E-state index contributed by atoms with van der Waals surface area (Å²) in [7, 11) is 4.69. The van der Waals surface area contributed by atoms with Crippen LogP contribution in [0.3, 0.4) is 0 Å². The Morgan fingerprint density at radius 3 is 2.20 bits per heavy atom. The van der Waals surface area contributed by atoms with Gasteiger partial charge in [-0.15, -0.1) is 0 Å². The van der Waals surface area contributed by atoms with Gasteiger partial charge in [0.15, 0.2) is 5.78 Å². The maximum atomic E-state index is 14.4. The normalized spacial score (nSPS) is 38.3. The fourth-order valence-electron chi connectivity index (χ4n) is 10.3. The lowest BCUT2D eigenvalue weighted by Crippen LogP contribution is -2.57. The van der Waals surface area contributed by atoms with Gasteiger partial charge in [0.2, 0.25) is 0 Å². The van der Waals surface area contributed by atoms with Crippen LogP contribution >= 0.6 is 0 Å². The van der Waals surface area contributed by atoms with Crippen LogP contribution in [0, 0.1) is 41.4 Å². The third-order valence-corrected chi connectivity index (χ3v) is 15.3. The van der Waals surface area contributed by atoms with Gasteiger partial charge in [0.1, 0.15) is 35.7 Å². The lowest BCUT2D eigenvalue weighted by molar-refractivity contribution is -0.169. The first-order chi connectivity index (χ1) is 32.6. The third-order valence-electron chi connectivity index (χ3n) is 15.3. The Morgan fingerprint density at radius 2 is 1.55 bits per heavy atom. The van der Waals surface area contributed by atoms with Crippen LogP contribution in [0.15, 0.2) is 47.6 Å². The van der Waals surface area contributed by atoms with Gasteiger partial charge in [0.25, 0.3) is 11.7 Å². The minimum atomic E-state index is -2.00. The summed E-state index contributed by atoms with van der Waals surface area (Å²) < 4.78 is 29.4. The molecular formula is C55H89NO13. The van der Waals surface area contributed by atoms with Crippen LogP contribution in [0.25, 0.3) is 0 Å². The van der Waals surface area contributed by atoms with Crippen LogP contribution in [-0.2, 0) is 47.7 Å². The molecule has 15 atom stereocenters. The van der Waals surface area contributed by atoms with E-state index in [-0.39, 0.29) is 86.2 Å². The summed E-state index contributed by atoms with van der Waals surface area (Å²) in [5.41, 5.74) is -0.572. The Bertz CT molecular complexity index is 1790. The second kappa shape index (κ2) is 29.2. The van der Waals surface area contributed by atoms with Crippen LogP contribution < -0.4 is 0 Å². The Labute approximate surface area is 413 Å². The number of rotatable bonds is 9. The number of piperidine rings is 1. The Morgan fingerprint density at radius 1 is 0.841 bits per heavy atom. The van der Waals surface area contributed by atoms with Gasteiger partial charge >= 0.3 is 5.97 Å². The molecule has 0 aromatic carbocycles. The van der Waals surface area contributed by atoms with Gasteiger partial charge in [-0.2, -0.15) is 0 Å². The summed E-state index contributed by atoms with van der Waals surface area (Å²) in [4.78, 5) is 71.8. The number of carbonyl (C=O) groups is 5. The molecule has 392 valence electrons.